The second-order valence-corrected chi connectivity index (χ2v) is 5.12. The summed E-state index contributed by atoms with van der Waals surface area (Å²) >= 11 is 0. The fourth-order valence-corrected chi connectivity index (χ4v) is 2.31. The summed E-state index contributed by atoms with van der Waals surface area (Å²) in [6, 6.07) is 7.52. The van der Waals surface area contributed by atoms with E-state index in [1.807, 2.05) is 24.3 Å². The minimum absolute atomic E-state index is 0.188. The zero-order valence-electron chi connectivity index (χ0n) is 12.4. The van der Waals surface area contributed by atoms with Crippen molar-refractivity contribution in [2.75, 3.05) is 31.2 Å². The zero-order chi connectivity index (χ0) is 16.9. The van der Waals surface area contributed by atoms with Crippen LogP contribution in [0.2, 0.25) is 0 Å². The Balaban J connectivity index is 1.70. The van der Waals surface area contributed by atoms with Crippen molar-refractivity contribution in [2.45, 2.75) is 19.0 Å². The van der Waals surface area contributed by atoms with Crippen LogP contribution < -0.4 is 10.2 Å². The lowest BCUT2D eigenvalue weighted by molar-refractivity contribution is -0.174. The average molecular weight is 330 g/mol. The van der Waals surface area contributed by atoms with Crippen molar-refractivity contribution in [3.63, 3.8) is 0 Å². The maximum atomic E-state index is 12.1. The Labute approximate surface area is 131 Å². The first-order valence-corrected chi connectivity index (χ1v) is 7.16. The second-order valence-electron chi connectivity index (χ2n) is 5.12. The highest BCUT2D eigenvalue weighted by molar-refractivity contribution is 5.98. The van der Waals surface area contributed by atoms with Crippen molar-refractivity contribution in [1.82, 2.24) is 5.32 Å². The maximum absolute atomic E-state index is 12.1. The molecule has 0 radical (unpaired) electrons. The van der Waals surface area contributed by atoms with Gasteiger partial charge in [-0.25, -0.2) is 0 Å². The predicted octanol–water partition coefficient (Wildman–Crippen LogP) is 1.66. The summed E-state index contributed by atoms with van der Waals surface area (Å²) in [5.41, 5.74) is 1.91. The molecule has 8 heteroatoms. The standard InChI is InChI=1S/C15H17F3N2O3/c16-15(17,18)10-23-8-6-13(21)19-9-14(22)20-7-5-11-3-1-2-4-12(11)20/h1-4H,5-10H2,(H,19,21). The van der Waals surface area contributed by atoms with Crippen molar-refractivity contribution < 1.29 is 27.5 Å². The third-order valence-corrected chi connectivity index (χ3v) is 3.36. The monoisotopic (exact) mass is 330 g/mol. The number of hydrogen-bond acceptors (Lipinski definition) is 3. The highest BCUT2D eigenvalue weighted by Crippen LogP contribution is 2.27. The summed E-state index contributed by atoms with van der Waals surface area (Å²) in [7, 11) is 0. The number of halogens is 3. The molecule has 2 rings (SSSR count). The number of benzene rings is 1. The molecule has 1 aliphatic rings. The lowest BCUT2D eigenvalue weighted by Gasteiger charge is -2.17. The largest absolute Gasteiger partial charge is 0.411 e. The number of anilines is 1. The van der Waals surface area contributed by atoms with Crippen LogP contribution in [0.1, 0.15) is 12.0 Å². The Morgan fingerprint density at radius 3 is 2.74 bits per heavy atom. The van der Waals surface area contributed by atoms with Crippen LogP contribution in [0, 0.1) is 0 Å². The third kappa shape index (κ3) is 5.24. The summed E-state index contributed by atoms with van der Waals surface area (Å²) in [4.78, 5) is 25.2. The first kappa shape index (κ1) is 17.3. The van der Waals surface area contributed by atoms with E-state index in [2.05, 4.69) is 10.1 Å². The normalized spacial score (nSPS) is 13.8. The fourth-order valence-electron chi connectivity index (χ4n) is 2.31. The summed E-state index contributed by atoms with van der Waals surface area (Å²) in [5, 5.41) is 2.40. The number of carbonyl (C=O) groups is 2. The van der Waals surface area contributed by atoms with Gasteiger partial charge in [0, 0.05) is 18.7 Å². The molecular weight excluding hydrogens is 313 g/mol. The van der Waals surface area contributed by atoms with E-state index in [0.29, 0.717) is 6.54 Å². The van der Waals surface area contributed by atoms with E-state index in [1.54, 1.807) is 4.90 Å². The Bertz CT molecular complexity index is 575. The van der Waals surface area contributed by atoms with Gasteiger partial charge in [-0.15, -0.1) is 0 Å². The Hall–Kier alpha value is -2.09. The molecule has 0 aliphatic carbocycles. The van der Waals surface area contributed by atoms with Gasteiger partial charge in [-0.2, -0.15) is 13.2 Å². The minimum Gasteiger partial charge on any atom is -0.372 e. The molecule has 0 saturated heterocycles. The van der Waals surface area contributed by atoms with E-state index in [9.17, 15) is 22.8 Å². The van der Waals surface area contributed by atoms with Gasteiger partial charge in [-0.3, -0.25) is 9.59 Å². The Morgan fingerprint density at radius 1 is 1.26 bits per heavy atom. The zero-order valence-corrected chi connectivity index (χ0v) is 12.4. The topological polar surface area (TPSA) is 58.6 Å². The van der Waals surface area contributed by atoms with Crippen molar-refractivity contribution in [3.05, 3.63) is 29.8 Å². The molecule has 0 spiro atoms. The molecule has 1 aliphatic heterocycles. The molecule has 0 fully saturated rings. The van der Waals surface area contributed by atoms with Crippen LogP contribution in [-0.4, -0.2) is 44.3 Å². The predicted molar refractivity (Wildman–Crippen MR) is 77.0 cm³/mol. The maximum Gasteiger partial charge on any atom is 0.411 e. The highest BCUT2D eigenvalue weighted by Gasteiger charge is 2.27. The van der Waals surface area contributed by atoms with Gasteiger partial charge in [0.1, 0.15) is 6.61 Å². The smallest absolute Gasteiger partial charge is 0.372 e. The number of hydrogen-bond donors (Lipinski definition) is 1. The van der Waals surface area contributed by atoms with Crippen LogP contribution in [0.5, 0.6) is 0 Å². The van der Waals surface area contributed by atoms with Crippen molar-refractivity contribution in [2.24, 2.45) is 0 Å². The van der Waals surface area contributed by atoms with Crippen LogP contribution in [0.4, 0.5) is 18.9 Å². The quantitative estimate of drug-likeness (QED) is 0.807. The lowest BCUT2D eigenvalue weighted by atomic mass is 10.2. The molecule has 0 unspecified atom stereocenters. The van der Waals surface area contributed by atoms with E-state index in [-0.39, 0.29) is 25.5 Å². The molecule has 5 nitrogen and oxygen atoms in total. The number of nitrogens with one attached hydrogen (secondary N) is 1. The van der Waals surface area contributed by atoms with Crippen molar-refractivity contribution in [3.8, 4) is 0 Å². The van der Waals surface area contributed by atoms with Crippen LogP contribution in [-0.2, 0) is 20.7 Å². The van der Waals surface area contributed by atoms with Gasteiger partial charge in [0.15, 0.2) is 0 Å². The summed E-state index contributed by atoms with van der Waals surface area (Å²) < 4.78 is 39.9. The second kappa shape index (κ2) is 7.45. The van der Waals surface area contributed by atoms with E-state index in [1.165, 1.54) is 0 Å². The number of nitrogens with zero attached hydrogens (tertiary/aromatic N) is 1. The number of ether oxygens (including phenoxy) is 1. The number of alkyl halides is 3. The Kier molecular flexibility index (Phi) is 5.59. The number of amides is 2. The SMILES string of the molecule is O=C(CCOCC(F)(F)F)NCC(=O)N1CCc2ccccc21. The van der Waals surface area contributed by atoms with Gasteiger partial charge in [0.2, 0.25) is 11.8 Å². The molecule has 0 bridgehead atoms. The van der Waals surface area contributed by atoms with E-state index in [4.69, 9.17) is 0 Å². The number of rotatable bonds is 6. The fraction of sp³-hybridized carbons (Fsp3) is 0.467. The van der Waals surface area contributed by atoms with Gasteiger partial charge < -0.3 is 15.0 Å². The highest BCUT2D eigenvalue weighted by atomic mass is 19.4. The molecule has 23 heavy (non-hydrogen) atoms. The summed E-state index contributed by atoms with van der Waals surface area (Å²) in [6.45, 7) is -1.36. The number of para-hydroxylation sites is 1. The van der Waals surface area contributed by atoms with Crippen molar-refractivity contribution >= 4 is 17.5 Å². The minimum atomic E-state index is -4.41. The molecule has 0 saturated carbocycles. The summed E-state index contributed by atoms with van der Waals surface area (Å²) in [5.74, 6) is -0.771. The van der Waals surface area contributed by atoms with E-state index < -0.39 is 18.7 Å². The molecule has 1 heterocycles. The molecule has 0 aromatic heterocycles. The van der Waals surface area contributed by atoms with Gasteiger partial charge in [0.25, 0.3) is 0 Å². The van der Waals surface area contributed by atoms with Crippen LogP contribution in [0.25, 0.3) is 0 Å². The lowest BCUT2D eigenvalue weighted by Crippen LogP contribution is -2.39. The van der Waals surface area contributed by atoms with E-state index in [0.717, 1.165) is 17.7 Å². The van der Waals surface area contributed by atoms with Gasteiger partial charge in [-0.1, -0.05) is 18.2 Å². The molecule has 1 N–H and O–H groups in total. The van der Waals surface area contributed by atoms with Gasteiger partial charge in [0.05, 0.1) is 13.2 Å². The van der Waals surface area contributed by atoms with Gasteiger partial charge in [-0.05, 0) is 18.1 Å². The van der Waals surface area contributed by atoms with Crippen molar-refractivity contribution in [1.29, 1.82) is 0 Å². The first-order valence-electron chi connectivity index (χ1n) is 7.16. The average Bonchev–Trinajstić information content (AvgIpc) is 2.92. The van der Waals surface area contributed by atoms with Gasteiger partial charge >= 0.3 is 6.18 Å². The van der Waals surface area contributed by atoms with Crippen LogP contribution in [0.15, 0.2) is 24.3 Å². The summed E-state index contributed by atoms with van der Waals surface area (Å²) in [6.07, 6.45) is -3.86. The molecule has 1 aromatic rings. The first-order chi connectivity index (χ1) is 10.9. The molecule has 1 aromatic carbocycles. The molecule has 0 atom stereocenters. The van der Waals surface area contributed by atoms with Crippen LogP contribution >= 0.6 is 0 Å². The molecular formula is C15H17F3N2O3. The third-order valence-electron chi connectivity index (χ3n) is 3.36. The number of carbonyl (C=O) groups excluding carboxylic acids is 2. The Morgan fingerprint density at radius 2 is 2.00 bits per heavy atom. The van der Waals surface area contributed by atoms with Crippen LogP contribution in [0.3, 0.4) is 0 Å². The molecule has 2 amide bonds. The van der Waals surface area contributed by atoms with E-state index >= 15 is 0 Å². The molecule has 126 valence electrons. The number of fused-ring (bicyclic) bond motifs is 1.